The minimum absolute atomic E-state index is 0.0274. The number of piperidine rings is 1. The zero-order valence-corrected chi connectivity index (χ0v) is 34.2. The van der Waals surface area contributed by atoms with Crippen molar-refractivity contribution in [2.24, 2.45) is 56.7 Å². The molecule has 1 saturated heterocycles. The highest BCUT2D eigenvalue weighted by Gasteiger charge is 2.72. The van der Waals surface area contributed by atoms with Crippen LogP contribution in [0.2, 0.25) is 0 Å². The number of likely N-dealkylation sites (tertiary alicyclic amines) is 1. The van der Waals surface area contributed by atoms with Crippen molar-refractivity contribution in [3.8, 4) is 0 Å². The Morgan fingerprint density at radius 2 is 1.50 bits per heavy atom. The first-order chi connectivity index (χ1) is 24.4. The van der Waals surface area contributed by atoms with Crippen LogP contribution in [0.25, 0.3) is 5.57 Å². The molecule has 288 valence electrons. The highest BCUT2D eigenvalue weighted by Crippen LogP contribution is 2.78. The van der Waals surface area contributed by atoms with Gasteiger partial charge in [-0.3, -0.25) is 0 Å². The first kappa shape index (κ1) is 37.2. The van der Waals surface area contributed by atoms with Gasteiger partial charge in [-0.1, -0.05) is 59.8 Å². The molecule has 9 atom stereocenters. The number of fused-ring (bicyclic) bond motifs is 7. The summed E-state index contributed by atoms with van der Waals surface area (Å²) in [6.07, 6.45) is 20.1. The molecule has 0 bridgehead atoms. The highest BCUT2D eigenvalue weighted by molar-refractivity contribution is 7.91. The van der Waals surface area contributed by atoms with Gasteiger partial charge in [0.05, 0.1) is 10.8 Å². The fourth-order valence-corrected chi connectivity index (χ4v) is 16.2. The van der Waals surface area contributed by atoms with Crippen LogP contribution in [0.1, 0.15) is 141 Å². The van der Waals surface area contributed by atoms with Crippen LogP contribution in [0.15, 0.2) is 30.3 Å². The molecule has 1 aliphatic heterocycles. The molecule has 0 spiro atoms. The average molecular weight is 733 g/mol. The molecule has 7 aliphatic rings. The predicted octanol–water partition coefficient (Wildman–Crippen LogP) is 9.11. The van der Waals surface area contributed by atoms with E-state index < -0.39 is 15.8 Å². The maximum absolute atomic E-state index is 12.2. The quantitative estimate of drug-likeness (QED) is 0.277. The lowest BCUT2D eigenvalue weighted by Gasteiger charge is -2.72. The maximum Gasteiger partial charge on any atom is 0.335 e. The van der Waals surface area contributed by atoms with Crippen molar-refractivity contribution in [3.05, 3.63) is 41.5 Å². The smallest absolute Gasteiger partial charge is 0.335 e. The van der Waals surface area contributed by atoms with Gasteiger partial charge in [0.2, 0.25) is 0 Å². The van der Waals surface area contributed by atoms with Crippen LogP contribution < -0.4 is 5.32 Å². The number of allylic oxidation sites excluding steroid dienone is 2. The van der Waals surface area contributed by atoms with E-state index in [9.17, 15) is 18.3 Å². The number of nitrogens with one attached hydrogen (secondary N) is 1. The fourth-order valence-electron chi connectivity index (χ4n) is 15.2. The van der Waals surface area contributed by atoms with E-state index in [1.54, 1.807) is 12.1 Å². The van der Waals surface area contributed by atoms with Crippen molar-refractivity contribution in [1.82, 2.24) is 10.2 Å². The second kappa shape index (κ2) is 12.4. The van der Waals surface area contributed by atoms with Crippen molar-refractivity contribution < 1.29 is 18.3 Å². The number of aromatic carboxylic acids is 1. The van der Waals surface area contributed by atoms with E-state index in [1.807, 2.05) is 12.1 Å². The number of hydrogen-bond acceptors (Lipinski definition) is 5. The van der Waals surface area contributed by atoms with Gasteiger partial charge in [-0.15, -0.1) is 0 Å². The first-order valence-corrected chi connectivity index (χ1v) is 23.0. The molecule has 0 amide bonds. The van der Waals surface area contributed by atoms with Crippen LogP contribution in [0, 0.1) is 56.7 Å². The molecule has 8 rings (SSSR count). The van der Waals surface area contributed by atoms with Gasteiger partial charge < -0.3 is 15.3 Å². The standard InChI is InChI=1S/C45H68N2O4S/c1-40(2)33(30-8-10-31(11-9-30)39(48)49)14-19-42(4)36(40)16-20-44(6)37(42)13-12-35-38-34(41(3)22-23-41)15-21-45(38,25-24-43(35,44)5)46-26-29-47-27-17-32(18-28-47)52(7,50)51/h8-11,14,32,34-38,46H,12-13,15-29H2,1-7H3,(H,48,49)/t34-,35-,36+,37-,38-,42+,43-,44-,45+/m1/s1. The molecule has 7 heteroatoms. The van der Waals surface area contributed by atoms with E-state index in [0.29, 0.717) is 33.6 Å². The Bertz CT molecular complexity index is 1710. The summed E-state index contributed by atoms with van der Waals surface area (Å²) in [5, 5.41) is 13.7. The maximum atomic E-state index is 12.2. The monoisotopic (exact) mass is 732 g/mol. The molecule has 0 aromatic heterocycles. The van der Waals surface area contributed by atoms with Gasteiger partial charge in [0, 0.05) is 24.9 Å². The molecular weight excluding hydrogens is 665 g/mol. The van der Waals surface area contributed by atoms with E-state index in [2.05, 4.69) is 57.8 Å². The Morgan fingerprint density at radius 3 is 2.13 bits per heavy atom. The normalized spacial score (nSPS) is 42.7. The van der Waals surface area contributed by atoms with Gasteiger partial charge in [0.15, 0.2) is 0 Å². The summed E-state index contributed by atoms with van der Waals surface area (Å²) >= 11 is 0. The first-order valence-electron chi connectivity index (χ1n) is 21.1. The number of rotatable bonds is 8. The SMILES string of the molecule is CC1([C@@H]2CC[C@]3(NCCN4CCC(S(C)(=O)=O)CC4)CC[C@]4(C)[C@H](CC[C@@H]5[C@@]6(C)CC=C(c7ccc(C(=O)O)cc7)C(C)(C)[C@@H]6CC[C@]54C)[C@@H]23)CC1. The fraction of sp³-hybridized carbons (Fsp3) is 0.800. The third-order valence-corrected chi connectivity index (χ3v) is 20.1. The summed E-state index contributed by atoms with van der Waals surface area (Å²) in [4.78, 5) is 14.1. The van der Waals surface area contributed by atoms with Crippen LogP contribution >= 0.6 is 0 Å². The van der Waals surface area contributed by atoms with Crippen molar-refractivity contribution >= 4 is 21.4 Å². The van der Waals surface area contributed by atoms with E-state index in [1.165, 1.54) is 81.6 Å². The summed E-state index contributed by atoms with van der Waals surface area (Å²) in [5.74, 6) is 2.80. The zero-order valence-electron chi connectivity index (χ0n) is 33.4. The second-order valence-electron chi connectivity index (χ2n) is 20.9. The Hall–Kier alpha value is -1.70. The van der Waals surface area contributed by atoms with Gasteiger partial charge in [-0.05, 0) is 176 Å². The summed E-state index contributed by atoms with van der Waals surface area (Å²) in [6, 6.07) is 7.64. The van der Waals surface area contributed by atoms with Crippen LogP contribution in [-0.4, -0.2) is 67.6 Å². The number of hydrogen-bond donors (Lipinski definition) is 2. The van der Waals surface area contributed by atoms with Gasteiger partial charge in [-0.2, -0.15) is 0 Å². The number of carboxylic acid groups (broad SMARTS) is 1. The van der Waals surface area contributed by atoms with Crippen molar-refractivity contribution in [2.75, 3.05) is 32.4 Å². The summed E-state index contributed by atoms with van der Waals surface area (Å²) in [6.45, 7) is 19.6. The molecular formula is C45H68N2O4S. The molecule has 5 saturated carbocycles. The summed E-state index contributed by atoms with van der Waals surface area (Å²) in [7, 11) is -2.94. The van der Waals surface area contributed by atoms with Crippen molar-refractivity contribution in [1.29, 1.82) is 0 Å². The molecule has 6 nitrogen and oxygen atoms in total. The van der Waals surface area contributed by atoms with Gasteiger partial charge in [0.1, 0.15) is 9.84 Å². The number of nitrogens with zero attached hydrogens (tertiary/aromatic N) is 1. The largest absolute Gasteiger partial charge is 0.478 e. The highest BCUT2D eigenvalue weighted by atomic mass is 32.2. The Balaban J connectivity index is 1.04. The Labute approximate surface area is 315 Å². The van der Waals surface area contributed by atoms with Crippen LogP contribution in [0.4, 0.5) is 0 Å². The molecule has 1 heterocycles. The molecule has 0 unspecified atom stereocenters. The Morgan fingerprint density at radius 1 is 0.808 bits per heavy atom. The molecule has 2 N–H and O–H groups in total. The van der Waals surface area contributed by atoms with Crippen LogP contribution in [-0.2, 0) is 9.84 Å². The van der Waals surface area contributed by atoms with Gasteiger partial charge >= 0.3 is 5.97 Å². The lowest BCUT2D eigenvalue weighted by molar-refractivity contribution is -0.222. The average Bonchev–Trinajstić information content (AvgIpc) is 3.71. The number of benzene rings is 1. The van der Waals surface area contributed by atoms with Gasteiger partial charge in [0.25, 0.3) is 0 Å². The lowest BCUT2D eigenvalue weighted by Crippen LogP contribution is -2.68. The minimum Gasteiger partial charge on any atom is -0.478 e. The van der Waals surface area contributed by atoms with Gasteiger partial charge in [-0.25, -0.2) is 13.2 Å². The third-order valence-electron chi connectivity index (χ3n) is 18.4. The Kier molecular flexibility index (Phi) is 8.88. The molecule has 52 heavy (non-hydrogen) atoms. The van der Waals surface area contributed by atoms with E-state index >= 15 is 0 Å². The van der Waals surface area contributed by atoms with Crippen LogP contribution in [0.3, 0.4) is 0 Å². The summed E-state index contributed by atoms with van der Waals surface area (Å²) < 4.78 is 24.3. The second-order valence-corrected chi connectivity index (χ2v) is 23.2. The molecule has 1 aromatic carbocycles. The third kappa shape index (κ3) is 5.57. The van der Waals surface area contributed by atoms with Crippen molar-refractivity contribution in [2.45, 2.75) is 136 Å². The number of carbonyl (C=O) groups is 1. The number of carboxylic acids is 1. The zero-order chi connectivity index (χ0) is 37.1. The van der Waals surface area contributed by atoms with E-state index in [4.69, 9.17) is 0 Å². The predicted molar refractivity (Wildman–Crippen MR) is 211 cm³/mol. The molecule has 6 aliphatic carbocycles. The van der Waals surface area contributed by atoms with E-state index in [0.717, 1.165) is 63.2 Å². The number of sulfone groups is 1. The lowest BCUT2D eigenvalue weighted by atomic mass is 9.32. The van der Waals surface area contributed by atoms with E-state index in [-0.39, 0.29) is 21.6 Å². The molecule has 6 fully saturated rings. The summed E-state index contributed by atoms with van der Waals surface area (Å²) in [5.41, 5.74) is 4.67. The molecule has 1 aromatic rings. The molecule has 0 radical (unpaired) electrons. The van der Waals surface area contributed by atoms with Crippen molar-refractivity contribution in [3.63, 3.8) is 0 Å². The minimum atomic E-state index is -2.94. The van der Waals surface area contributed by atoms with Crippen LogP contribution in [0.5, 0.6) is 0 Å². The topological polar surface area (TPSA) is 86.7 Å².